The molecule has 0 bridgehead atoms. The molecule has 1 N–H and O–H groups in total. The first-order chi connectivity index (χ1) is 8.54. The number of amides is 1. The van der Waals surface area contributed by atoms with Crippen molar-refractivity contribution in [3.8, 4) is 0 Å². The third-order valence-electron chi connectivity index (χ3n) is 2.15. The maximum absolute atomic E-state index is 11.6. The Labute approximate surface area is 102 Å². The number of hydrogen-bond donors (Lipinski definition) is 1. The van der Waals surface area contributed by atoms with Gasteiger partial charge in [-0.2, -0.15) is 0 Å². The summed E-state index contributed by atoms with van der Waals surface area (Å²) >= 11 is 0. The van der Waals surface area contributed by atoms with E-state index in [9.17, 15) is 14.9 Å². The minimum absolute atomic E-state index is 0.0750. The Kier molecular flexibility index (Phi) is 4.65. The van der Waals surface area contributed by atoms with Gasteiger partial charge in [-0.05, 0) is 17.7 Å². The van der Waals surface area contributed by atoms with Crippen molar-refractivity contribution in [1.29, 1.82) is 0 Å². The minimum Gasteiger partial charge on any atom is -0.352 e. The van der Waals surface area contributed by atoms with Crippen molar-refractivity contribution in [1.82, 2.24) is 5.32 Å². The van der Waals surface area contributed by atoms with E-state index in [1.54, 1.807) is 6.92 Å². The minimum atomic E-state index is -0.536. The average molecular weight is 249 g/mol. The molecule has 0 unspecified atom stereocenters. The van der Waals surface area contributed by atoms with Crippen LogP contribution in [-0.4, -0.2) is 23.4 Å². The second-order valence-electron chi connectivity index (χ2n) is 3.57. The van der Waals surface area contributed by atoms with E-state index in [1.165, 1.54) is 24.3 Å². The number of nitro benzene ring substituents is 1. The van der Waals surface area contributed by atoms with E-state index in [-0.39, 0.29) is 24.2 Å². The Balaban J connectivity index is 2.62. The molecule has 1 aromatic rings. The average Bonchev–Trinajstić information content (AvgIpc) is 2.36. The van der Waals surface area contributed by atoms with Crippen molar-refractivity contribution in [3.63, 3.8) is 0 Å². The topological polar surface area (TPSA) is 121 Å². The van der Waals surface area contributed by atoms with Crippen LogP contribution in [0.15, 0.2) is 29.4 Å². The highest BCUT2D eigenvalue weighted by Gasteiger charge is 2.09. The molecule has 8 nitrogen and oxygen atoms in total. The van der Waals surface area contributed by atoms with Crippen LogP contribution < -0.4 is 5.32 Å². The third-order valence-corrected chi connectivity index (χ3v) is 2.15. The Morgan fingerprint density at radius 1 is 1.56 bits per heavy atom. The molecule has 1 aromatic carbocycles. The van der Waals surface area contributed by atoms with Gasteiger partial charge in [-0.1, -0.05) is 12.0 Å². The molecule has 1 amide bonds. The number of carbonyl (C=O) groups excluding carboxylic acids is 1. The normalized spacial score (nSPS) is 11.2. The van der Waals surface area contributed by atoms with Gasteiger partial charge in [0.1, 0.15) is 0 Å². The van der Waals surface area contributed by atoms with Crippen molar-refractivity contribution in [2.75, 3.05) is 6.54 Å². The molecular formula is C10H11N5O3. The predicted molar refractivity (Wildman–Crippen MR) is 64.0 cm³/mol. The fourth-order valence-electron chi connectivity index (χ4n) is 1.21. The van der Waals surface area contributed by atoms with Crippen molar-refractivity contribution >= 4 is 11.6 Å². The van der Waals surface area contributed by atoms with E-state index in [4.69, 9.17) is 5.53 Å². The van der Waals surface area contributed by atoms with Crippen molar-refractivity contribution < 1.29 is 9.72 Å². The highest BCUT2D eigenvalue weighted by molar-refractivity contribution is 5.94. The lowest BCUT2D eigenvalue weighted by Crippen LogP contribution is -2.29. The molecule has 0 radical (unpaired) electrons. The monoisotopic (exact) mass is 249 g/mol. The van der Waals surface area contributed by atoms with Gasteiger partial charge in [-0.25, -0.2) is 0 Å². The van der Waals surface area contributed by atoms with Crippen LogP contribution in [0.25, 0.3) is 10.4 Å². The lowest BCUT2D eigenvalue weighted by atomic mass is 10.2. The van der Waals surface area contributed by atoms with Crippen LogP contribution in [0.5, 0.6) is 0 Å². The second-order valence-corrected chi connectivity index (χ2v) is 3.57. The van der Waals surface area contributed by atoms with Crippen LogP contribution in [0.3, 0.4) is 0 Å². The summed E-state index contributed by atoms with van der Waals surface area (Å²) in [5.74, 6) is -0.370. The van der Waals surface area contributed by atoms with Gasteiger partial charge >= 0.3 is 0 Å². The zero-order valence-electron chi connectivity index (χ0n) is 9.61. The summed E-state index contributed by atoms with van der Waals surface area (Å²) in [6, 6.07) is 4.89. The molecule has 0 aliphatic rings. The molecule has 18 heavy (non-hydrogen) atoms. The van der Waals surface area contributed by atoms with Gasteiger partial charge in [-0.3, -0.25) is 14.9 Å². The molecule has 8 heteroatoms. The van der Waals surface area contributed by atoms with Gasteiger partial charge in [0.2, 0.25) is 0 Å². The Morgan fingerprint density at radius 2 is 2.17 bits per heavy atom. The number of non-ortho nitro benzene ring substituents is 1. The summed E-state index contributed by atoms with van der Waals surface area (Å²) in [4.78, 5) is 24.1. The molecule has 0 spiro atoms. The second kappa shape index (κ2) is 6.21. The first kappa shape index (κ1) is 13.5. The summed E-state index contributed by atoms with van der Waals surface area (Å²) in [7, 11) is 0. The molecule has 0 aliphatic carbocycles. The zero-order chi connectivity index (χ0) is 13.5. The van der Waals surface area contributed by atoms with Gasteiger partial charge < -0.3 is 5.32 Å². The van der Waals surface area contributed by atoms with Crippen LogP contribution >= 0.6 is 0 Å². The maximum atomic E-state index is 11.6. The number of hydrogen-bond acceptors (Lipinski definition) is 4. The molecule has 0 aromatic heterocycles. The number of nitrogens with zero attached hydrogens (tertiary/aromatic N) is 4. The quantitative estimate of drug-likeness (QED) is 0.282. The van der Waals surface area contributed by atoms with Crippen molar-refractivity contribution in [2.45, 2.75) is 13.0 Å². The first-order valence-corrected chi connectivity index (χ1v) is 5.11. The number of azide groups is 1. The van der Waals surface area contributed by atoms with Crippen LogP contribution in [0.2, 0.25) is 0 Å². The molecule has 0 aliphatic heterocycles. The van der Waals surface area contributed by atoms with Gasteiger partial charge in [0.05, 0.1) is 11.0 Å². The standard InChI is InChI=1S/C10H11N5O3/c1-7(13-14-11)6-12-10(16)8-2-4-9(5-3-8)15(17)18/h2-5,7H,6H2,1H3,(H,12,16)/t7-/m1/s1. The Morgan fingerprint density at radius 3 is 2.67 bits per heavy atom. The Hall–Kier alpha value is -2.60. The van der Waals surface area contributed by atoms with Crippen LogP contribution in [0, 0.1) is 10.1 Å². The maximum Gasteiger partial charge on any atom is 0.269 e. The van der Waals surface area contributed by atoms with Crippen LogP contribution in [-0.2, 0) is 0 Å². The van der Waals surface area contributed by atoms with E-state index in [1.807, 2.05) is 0 Å². The van der Waals surface area contributed by atoms with E-state index >= 15 is 0 Å². The fourth-order valence-corrected chi connectivity index (χ4v) is 1.21. The van der Waals surface area contributed by atoms with E-state index in [0.29, 0.717) is 5.56 Å². The molecule has 0 heterocycles. The molecule has 1 atom stereocenters. The summed E-state index contributed by atoms with van der Waals surface area (Å²) in [6.07, 6.45) is 0. The first-order valence-electron chi connectivity index (χ1n) is 5.11. The molecule has 94 valence electrons. The smallest absolute Gasteiger partial charge is 0.269 e. The largest absolute Gasteiger partial charge is 0.352 e. The third kappa shape index (κ3) is 3.76. The molecule has 1 rings (SSSR count). The highest BCUT2D eigenvalue weighted by atomic mass is 16.6. The summed E-state index contributed by atoms with van der Waals surface area (Å²) in [5, 5.41) is 16.4. The van der Waals surface area contributed by atoms with Gasteiger partial charge in [0.25, 0.3) is 11.6 Å². The number of rotatable bonds is 5. The molecule has 0 saturated carbocycles. The van der Waals surface area contributed by atoms with Gasteiger partial charge in [0, 0.05) is 29.2 Å². The van der Waals surface area contributed by atoms with E-state index < -0.39 is 4.92 Å². The highest BCUT2D eigenvalue weighted by Crippen LogP contribution is 2.11. The van der Waals surface area contributed by atoms with Crippen LogP contribution in [0.1, 0.15) is 17.3 Å². The molecule has 0 fully saturated rings. The van der Waals surface area contributed by atoms with Crippen molar-refractivity contribution in [3.05, 3.63) is 50.4 Å². The van der Waals surface area contributed by atoms with Gasteiger partial charge in [0.15, 0.2) is 0 Å². The van der Waals surface area contributed by atoms with Crippen molar-refractivity contribution in [2.24, 2.45) is 5.11 Å². The summed E-state index contributed by atoms with van der Waals surface area (Å²) in [6.45, 7) is 1.87. The number of carbonyl (C=O) groups is 1. The molecular weight excluding hydrogens is 238 g/mol. The predicted octanol–water partition coefficient (Wildman–Crippen LogP) is 2.02. The molecule has 0 saturated heterocycles. The summed E-state index contributed by atoms with van der Waals surface area (Å²) < 4.78 is 0. The summed E-state index contributed by atoms with van der Waals surface area (Å²) in [5.41, 5.74) is 8.42. The Bertz CT molecular complexity index is 493. The number of nitro groups is 1. The lowest BCUT2D eigenvalue weighted by Gasteiger charge is -2.07. The van der Waals surface area contributed by atoms with E-state index in [0.717, 1.165) is 0 Å². The fraction of sp³-hybridized carbons (Fsp3) is 0.300. The zero-order valence-corrected chi connectivity index (χ0v) is 9.61. The van der Waals surface area contributed by atoms with Crippen LogP contribution in [0.4, 0.5) is 5.69 Å². The lowest BCUT2D eigenvalue weighted by molar-refractivity contribution is -0.384. The SMILES string of the molecule is C[C@H](CNC(=O)c1ccc([N+](=O)[O-])cc1)N=[N+]=[N-]. The number of nitrogens with one attached hydrogen (secondary N) is 1. The van der Waals surface area contributed by atoms with E-state index in [2.05, 4.69) is 15.3 Å². The number of benzene rings is 1. The van der Waals surface area contributed by atoms with Gasteiger partial charge in [-0.15, -0.1) is 0 Å².